The number of hydrogen-bond acceptors (Lipinski definition) is 3. The van der Waals surface area contributed by atoms with Gasteiger partial charge in [0.15, 0.2) is 11.6 Å². The molecule has 1 aliphatic rings. The van der Waals surface area contributed by atoms with E-state index in [0.717, 1.165) is 17.0 Å². The maximum Gasteiger partial charge on any atom is 0.261 e. The molecule has 0 spiro atoms. The Morgan fingerprint density at radius 2 is 1.55 bits per heavy atom. The molecule has 22 heavy (non-hydrogen) atoms. The minimum atomic E-state index is -1.02. The molecule has 6 heteroatoms. The Hall–Kier alpha value is -2.60. The molecule has 0 aliphatic carbocycles. The number of hydrogen-bond donors (Lipinski definition) is 1. The van der Waals surface area contributed by atoms with Gasteiger partial charge in [0.25, 0.3) is 11.8 Å². The van der Waals surface area contributed by atoms with E-state index in [-0.39, 0.29) is 6.54 Å². The second-order valence-electron chi connectivity index (χ2n) is 5.05. The predicted octanol–water partition coefficient (Wildman–Crippen LogP) is 2.26. The van der Waals surface area contributed by atoms with E-state index in [4.69, 9.17) is 5.73 Å². The number of halogens is 2. The van der Waals surface area contributed by atoms with Crippen LogP contribution in [0.4, 0.5) is 8.78 Å². The van der Waals surface area contributed by atoms with Gasteiger partial charge >= 0.3 is 0 Å². The maximum absolute atomic E-state index is 13.2. The SMILES string of the molecule is NC(CN1C(=O)c2ccccc2C1=O)c1ccc(F)c(F)c1. The maximum atomic E-state index is 13.2. The summed E-state index contributed by atoms with van der Waals surface area (Å²) in [5, 5.41) is 0. The molecule has 1 heterocycles. The molecule has 2 amide bonds. The fraction of sp³-hybridized carbons (Fsp3) is 0.125. The minimum Gasteiger partial charge on any atom is -0.322 e. The molecule has 2 aromatic rings. The summed E-state index contributed by atoms with van der Waals surface area (Å²) < 4.78 is 26.2. The van der Waals surface area contributed by atoms with Crippen LogP contribution in [-0.2, 0) is 0 Å². The Balaban J connectivity index is 1.83. The van der Waals surface area contributed by atoms with E-state index < -0.39 is 29.5 Å². The topological polar surface area (TPSA) is 63.4 Å². The molecule has 3 rings (SSSR count). The van der Waals surface area contributed by atoms with Crippen molar-refractivity contribution in [2.75, 3.05) is 6.54 Å². The second kappa shape index (κ2) is 5.31. The van der Waals surface area contributed by atoms with E-state index in [1.165, 1.54) is 6.07 Å². The first-order valence-electron chi connectivity index (χ1n) is 6.65. The molecule has 1 aliphatic heterocycles. The van der Waals surface area contributed by atoms with Gasteiger partial charge < -0.3 is 5.73 Å². The monoisotopic (exact) mass is 302 g/mol. The van der Waals surface area contributed by atoms with E-state index in [0.29, 0.717) is 16.7 Å². The third kappa shape index (κ3) is 2.27. The van der Waals surface area contributed by atoms with Crippen molar-refractivity contribution in [3.8, 4) is 0 Å². The molecule has 0 saturated carbocycles. The standard InChI is InChI=1S/C16H12F2N2O2/c17-12-6-5-9(7-13(12)18)14(19)8-20-15(21)10-3-1-2-4-11(10)16(20)22/h1-7,14H,8,19H2. The van der Waals surface area contributed by atoms with Crippen molar-refractivity contribution in [3.63, 3.8) is 0 Å². The first-order valence-corrected chi connectivity index (χ1v) is 6.65. The quantitative estimate of drug-likeness (QED) is 0.885. The Morgan fingerprint density at radius 3 is 2.09 bits per heavy atom. The van der Waals surface area contributed by atoms with Crippen molar-refractivity contribution in [1.82, 2.24) is 4.90 Å². The molecular weight excluding hydrogens is 290 g/mol. The van der Waals surface area contributed by atoms with Crippen molar-refractivity contribution < 1.29 is 18.4 Å². The minimum absolute atomic E-state index is 0.0998. The lowest BCUT2D eigenvalue weighted by atomic mass is 10.1. The average molecular weight is 302 g/mol. The molecule has 2 N–H and O–H groups in total. The molecule has 0 radical (unpaired) electrons. The van der Waals surface area contributed by atoms with Gasteiger partial charge in [0.2, 0.25) is 0 Å². The summed E-state index contributed by atoms with van der Waals surface area (Å²) in [5.41, 5.74) is 6.88. The van der Waals surface area contributed by atoms with Gasteiger partial charge in [0.05, 0.1) is 11.1 Å². The first-order chi connectivity index (χ1) is 10.5. The van der Waals surface area contributed by atoms with E-state index in [9.17, 15) is 18.4 Å². The van der Waals surface area contributed by atoms with Gasteiger partial charge in [-0.15, -0.1) is 0 Å². The number of nitrogens with zero attached hydrogens (tertiary/aromatic N) is 1. The van der Waals surface area contributed by atoms with Crippen LogP contribution >= 0.6 is 0 Å². The number of carbonyl (C=O) groups is 2. The molecule has 4 nitrogen and oxygen atoms in total. The van der Waals surface area contributed by atoms with Gasteiger partial charge in [-0.2, -0.15) is 0 Å². The Labute approximate surface area is 125 Å². The van der Waals surface area contributed by atoms with Crippen LogP contribution in [0, 0.1) is 11.6 Å². The number of carbonyl (C=O) groups excluding carboxylic acids is 2. The molecule has 0 bridgehead atoms. The first kappa shape index (κ1) is 14.3. The van der Waals surface area contributed by atoms with E-state index in [1.807, 2.05) is 0 Å². The van der Waals surface area contributed by atoms with Gasteiger partial charge in [-0.05, 0) is 29.8 Å². The van der Waals surface area contributed by atoms with Gasteiger partial charge in [0.1, 0.15) is 0 Å². The third-order valence-electron chi connectivity index (χ3n) is 3.63. The van der Waals surface area contributed by atoms with Crippen LogP contribution in [-0.4, -0.2) is 23.3 Å². The van der Waals surface area contributed by atoms with E-state index in [2.05, 4.69) is 0 Å². The van der Waals surface area contributed by atoms with Crippen LogP contribution in [0.3, 0.4) is 0 Å². The van der Waals surface area contributed by atoms with Crippen LogP contribution in [0.2, 0.25) is 0 Å². The largest absolute Gasteiger partial charge is 0.322 e. The number of benzene rings is 2. The summed E-state index contributed by atoms with van der Waals surface area (Å²) in [6.07, 6.45) is 0. The zero-order valence-corrected chi connectivity index (χ0v) is 11.4. The van der Waals surface area contributed by atoms with Gasteiger partial charge in [0, 0.05) is 12.6 Å². The Bertz CT molecular complexity index is 741. The highest BCUT2D eigenvalue weighted by Crippen LogP contribution is 2.25. The van der Waals surface area contributed by atoms with Crippen LogP contribution in [0.5, 0.6) is 0 Å². The van der Waals surface area contributed by atoms with Crippen LogP contribution in [0.1, 0.15) is 32.3 Å². The molecule has 1 atom stereocenters. The molecule has 112 valence electrons. The van der Waals surface area contributed by atoms with Gasteiger partial charge in [-0.1, -0.05) is 18.2 Å². The molecule has 0 saturated heterocycles. The average Bonchev–Trinajstić information content (AvgIpc) is 2.75. The van der Waals surface area contributed by atoms with Gasteiger partial charge in [-0.3, -0.25) is 14.5 Å². The van der Waals surface area contributed by atoms with E-state index in [1.54, 1.807) is 24.3 Å². The zero-order chi connectivity index (χ0) is 15.9. The number of nitrogens with two attached hydrogens (primary N) is 1. The highest BCUT2D eigenvalue weighted by molar-refractivity contribution is 6.21. The highest BCUT2D eigenvalue weighted by atomic mass is 19.2. The molecular formula is C16H12F2N2O2. The third-order valence-corrected chi connectivity index (χ3v) is 3.63. The van der Waals surface area contributed by atoms with Crippen molar-refractivity contribution in [1.29, 1.82) is 0 Å². The van der Waals surface area contributed by atoms with Crippen LogP contribution in [0.25, 0.3) is 0 Å². The smallest absolute Gasteiger partial charge is 0.261 e. The van der Waals surface area contributed by atoms with Crippen molar-refractivity contribution in [3.05, 3.63) is 70.8 Å². The Morgan fingerprint density at radius 1 is 0.955 bits per heavy atom. The summed E-state index contributed by atoms with van der Waals surface area (Å²) in [5.74, 6) is -2.86. The lowest BCUT2D eigenvalue weighted by molar-refractivity contribution is 0.0644. The summed E-state index contributed by atoms with van der Waals surface area (Å²) in [7, 11) is 0. The van der Waals surface area contributed by atoms with E-state index >= 15 is 0 Å². The Kier molecular flexibility index (Phi) is 3.46. The van der Waals surface area contributed by atoms with Crippen molar-refractivity contribution in [2.45, 2.75) is 6.04 Å². The van der Waals surface area contributed by atoms with Crippen LogP contribution < -0.4 is 5.73 Å². The number of rotatable bonds is 3. The highest BCUT2D eigenvalue weighted by Gasteiger charge is 2.36. The number of amides is 2. The fourth-order valence-corrected chi connectivity index (χ4v) is 2.45. The van der Waals surface area contributed by atoms with Crippen LogP contribution in [0.15, 0.2) is 42.5 Å². The number of imide groups is 1. The second-order valence-corrected chi connectivity index (χ2v) is 5.05. The summed E-state index contributed by atoms with van der Waals surface area (Å²) in [6.45, 7) is -0.0998. The fourth-order valence-electron chi connectivity index (χ4n) is 2.45. The normalized spacial score (nSPS) is 15.1. The lowest BCUT2D eigenvalue weighted by Gasteiger charge is -2.19. The molecule has 0 aromatic heterocycles. The summed E-state index contributed by atoms with van der Waals surface area (Å²) in [4.78, 5) is 25.4. The zero-order valence-electron chi connectivity index (χ0n) is 11.4. The van der Waals surface area contributed by atoms with Crippen molar-refractivity contribution in [2.24, 2.45) is 5.73 Å². The predicted molar refractivity (Wildman–Crippen MR) is 75.1 cm³/mol. The molecule has 1 unspecified atom stereocenters. The van der Waals surface area contributed by atoms with Gasteiger partial charge in [-0.25, -0.2) is 8.78 Å². The lowest BCUT2D eigenvalue weighted by Crippen LogP contribution is -2.36. The summed E-state index contributed by atoms with van der Waals surface area (Å²) in [6, 6.07) is 8.95. The van der Waals surface area contributed by atoms with Crippen molar-refractivity contribution >= 4 is 11.8 Å². The summed E-state index contributed by atoms with van der Waals surface area (Å²) >= 11 is 0. The number of fused-ring (bicyclic) bond motifs is 1. The molecule has 2 aromatic carbocycles. The molecule has 0 fully saturated rings.